The lowest BCUT2D eigenvalue weighted by molar-refractivity contribution is 0.475. The van der Waals surface area contributed by atoms with Gasteiger partial charge in [0, 0.05) is 9.86 Å². The standard InChI is InChI=1S/C27H18BrNO7S2/c28-21-9-5-10-22(17-21)29(37(31)32)24-16-20-8-4-11-25(26(20)35-27(24)30)36-38(33,34)23-14-12-19(13-15-23)18-6-2-1-3-7-18/h1-17H,(H,31,32). The van der Waals surface area contributed by atoms with E-state index in [1.165, 1.54) is 30.3 Å². The number of hydrogen-bond acceptors (Lipinski definition) is 6. The van der Waals surface area contributed by atoms with Crippen molar-refractivity contribution in [3.8, 4) is 16.9 Å². The van der Waals surface area contributed by atoms with E-state index >= 15 is 0 Å². The minimum atomic E-state index is -4.27. The summed E-state index contributed by atoms with van der Waals surface area (Å²) in [4.78, 5) is 12.8. The Kier molecular flexibility index (Phi) is 7.17. The first kappa shape index (κ1) is 25.9. The smallest absolute Gasteiger partial charge is 0.361 e. The maximum absolute atomic E-state index is 13.0. The van der Waals surface area contributed by atoms with Gasteiger partial charge in [-0.25, -0.2) is 13.3 Å². The van der Waals surface area contributed by atoms with Crippen LogP contribution in [-0.4, -0.2) is 17.2 Å². The van der Waals surface area contributed by atoms with Crippen LogP contribution in [0.3, 0.4) is 0 Å². The highest BCUT2D eigenvalue weighted by Gasteiger charge is 2.24. The predicted octanol–water partition coefficient (Wildman–Crippen LogP) is 6.27. The highest BCUT2D eigenvalue weighted by Crippen LogP contribution is 2.33. The van der Waals surface area contributed by atoms with Crippen molar-refractivity contribution in [2.24, 2.45) is 0 Å². The summed E-state index contributed by atoms with van der Waals surface area (Å²) in [7, 11) is -4.27. The van der Waals surface area contributed by atoms with Crippen molar-refractivity contribution >= 4 is 59.7 Å². The van der Waals surface area contributed by atoms with Crippen LogP contribution >= 0.6 is 15.9 Å². The van der Waals surface area contributed by atoms with Crippen LogP contribution in [0.25, 0.3) is 22.1 Å². The van der Waals surface area contributed by atoms with Gasteiger partial charge in [0.2, 0.25) is 0 Å². The fraction of sp³-hybridized carbons (Fsp3) is 0. The van der Waals surface area contributed by atoms with Crippen molar-refractivity contribution in [2.45, 2.75) is 4.90 Å². The first-order valence-corrected chi connectivity index (χ1v) is 14.3. The average molecular weight is 612 g/mol. The SMILES string of the molecule is O=c1oc2c(OS(=O)(=O)c3ccc(-c4ccccc4)cc3)cccc2cc1N(c1cccc(Br)c1)S(=O)O. The molecule has 11 heteroatoms. The second kappa shape index (κ2) is 10.5. The summed E-state index contributed by atoms with van der Waals surface area (Å²) < 4.78 is 60.5. The molecule has 4 aromatic carbocycles. The number of benzene rings is 4. The molecule has 0 bridgehead atoms. The van der Waals surface area contributed by atoms with Crippen LogP contribution in [0.1, 0.15) is 0 Å². The van der Waals surface area contributed by atoms with E-state index in [0.29, 0.717) is 4.47 Å². The van der Waals surface area contributed by atoms with E-state index in [0.717, 1.165) is 15.4 Å². The molecule has 0 aliphatic rings. The van der Waals surface area contributed by atoms with Crippen LogP contribution in [0.4, 0.5) is 11.4 Å². The van der Waals surface area contributed by atoms with Crippen molar-refractivity contribution in [3.63, 3.8) is 0 Å². The van der Waals surface area contributed by atoms with Gasteiger partial charge in [0.25, 0.3) is 11.3 Å². The Balaban J connectivity index is 1.51. The lowest BCUT2D eigenvalue weighted by Gasteiger charge is -2.19. The molecule has 0 amide bonds. The van der Waals surface area contributed by atoms with Gasteiger partial charge in [-0.2, -0.15) is 8.42 Å². The largest absolute Gasteiger partial charge is 0.417 e. The lowest BCUT2D eigenvalue weighted by Crippen LogP contribution is -2.24. The molecular weight excluding hydrogens is 594 g/mol. The zero-order chi connectivity index (χ0) is 26.9. The van der Waals surface area contributed by atoms with E-state index < -0.39 is 27.0 Å². The normalized spacial score (nSPS) is 12.3. The molecule has 192 valence electrons. The number of hydrogen-bond donors (Lipinski definition) is 1. The third-order valence-corrected chi connectivity index (χ3v) is 8.03. The van der Waals surface area contributed by atoms with Gasteiger partial charge in [-0.15, -0.1) is 0 Å². The van der Waals surface area contributed by atoms with Crippen molar-refractivity contribution in [1.29, 1.82) is 0 Å². The molecule has 1 N–H and O–H groups in total. The lowest BCUT2D eigenvalue weighted by atomic mass is 10.1. The first-order valence-electron chi connectivity index (χ1n) is 11.1. The summed E-state index contributed by atoms with van der Waals surface area (Å²) in [6, 6.07) is 28.0. The van der Waals surface area contributed by atoms with Gasteiger partial charge in [-0.05, 0) is 53.6 Å². The molecule has 38 heavy (non-hydrogen) atoms. The van der Waals surface area contributed by atoms with Crippen LogP contribution in [0.5, 0.6) is 5.75 Å². The molecule has 8 nitrogen and oxygen atoms in total. The third-order valence-electron chi connectivity index (χ3n) is 5.57. The second-order valence-electron chi connectivity index (χ2n) is 8.03. The van der Waals surface area contributed by atoms with Crippen molar-refractivity contribution in [3.05, 3.63) is 118 Å². The Bertz CT molecular complexity index is 1820. The minimum absolute atomic E-state index is 0.0790. The Morgan fingerprint density at radius 3 is 2.21 bits per heavy atom. The van der Waals surface area contributed by atoms with Gasteiger partial charge in [0.1, 0.15) is 10.6 Å². The molecular formula is C27H18BrNO7S2. The Labute approximate surface area is 228 Å². The van der Waals surface area contributed by atoms with Crippen molar-refractivity contribution < 1.29 is 25.8 Å². The fourth-order valence-corrected chi connectivity index (χ4v) is 5.75. The molecule has 5 aromatic rings. The van der Waals surface area contributed by atoms with Gasteiger partial charge in [0.05, 0.1) is 5.69 Å². The van der Waals surface area contributed by atoms with E-state index in [9.17, 15) is 22.0 Å². The first-order chi connectivity index (χ1) is 18.2. The summed E-state index contributed by atoms with van der Waals surface area (Å²) >= 11 is 0.697. The summed E-state index contributed by atoms with van der Waals surface area (Å²) in [6.45, 7) is 0. The van der Waals surface area contributed by atoms with Crippen LogP contribution in [0, 0.1) is 0 Å². The van der Waals surface area contributed by atoms with Crippen LogP contribution in [0.2, 0.25) is 0 Å². The highest BCUT2D eigenvalue weighted by atomic mass is 79.9. The van der Waals surface area contributed by atoms with Gasteiger partial charge in [0.15, 0.2) is 11.3 Å². The second-order valence-corrected chi connectivity index (χ2v) is 11.3. The van der Waals surface area contributed by atoms with Gasteiger partial charge in [-0.1, -0.05) is 76.6 Å². The van der Waals surface area contributed by atoms with Gasteiger partial charge >= 0.3 is 15.7 Å². The number of halogens is 1. The molecule has 0 radical (unpaired) electrons. The van der Waals surface area contributed by atoms with E-state index in [1.807, 2.05) is 30.3 Å². The zero-order valence-electron chi connectivity index (χ0n) is 19.4. The van der Waals surface area contributed by atoms with E-state index in [2.05, 4.69) is 15.9 Å². The topological polar surface area (TPSA) is 114 Å². The molecule has 0 fully saturated rings. The van der Waals surface area contributed by atoms with Crippen LogP contribution in [0.15, 0.2) is 122 Å². The number of para-hydroxylation sites is 1. The minimum Gasteiger partial charge on any atom is -0.417 e. The summed E-state index contributed by atoms with van der Waals surface area (Å²) in [5.74, 6) is -0.197. The van der Waals surface area contributed by atoms with Gasteiger partial charge in [-0.3, -0.25) is 4.55 Å². The average Bonchev–Trinajstić information content (AvgIpc) is 2.90. The fourth-order valence-electron chi connectivity index (χ4n) is 3.84. The van der Waals surface area contributed by atoms with Crippen LogP contribution in [-0.2, 0) is 21.4 Å². The predicted molar refractivity (Wildman–Crippen MR) is 149 cm³/mol. The zero-order valence-corrected chi connectivity index (χ0v) is 22.6. The monoisotopic (exact) mass is 611 g/mol. The van der Waals surface area contributed by atoms with E-state index in [1.54, 1.807) is 42.5 Å². The quantitative estimate of drug-likeness (QED) is 0.131. The molecule has 0 aliphatic heterocycles. The number of fused-ring (bicyclic) bond motifs is 1. The molecule has 0 spiro atoms. The van der Waals surface area contributed by atoms with Crippen molar-refractivity contribution in [2.75, 3.05) is 4.31 Å². The molecule has 0 saturated carbocycles. The number of nitrogens with zero attached hydrogens (tertiary/aromatic N) is 1. The Hall–Kier alpha value is -3.77. The maximum atomic E-state index is 13.0. The molecule has 0 aliphatic carbocycles. The highest BCUT2D eigenvalue weighted by molar-refractivity contribution is 9.10. The summed E-state index contributed by atoms with van der Waals surface area (Å²) in [5.41, 5.74) is 0.743. The summed E-state index contributed by atoms with van der Waals surface area (Å²) in [6.07, 6.45) is 0. The molecule has 5 rings (SSSR count). The van der Waals surface area contributed by atoms with Crippen molar-refractivity contribution in [1.82, 2.24) is 0 Å². The van der Waals surface area contributed by atoms with Gasteiger partial charge < -0.3 is 8.60 Å². The Morgan fingerprint density at radius 2 is 1.53 bits per heavy atom. The number of anilines is 2. The third kappa shape index (κ3) is 5.27. The molecule has 1 aromatic heterocycles. The van der Waals surface area contributed by atoms with E-state index in [4.69, 9.17) is 8.60 Å². The van der Waals surface area contributed by atoms with E-state index in [-0.39, 0.29) is 33.0 Å². The summed E-state index contributed by atoms with van der Waals surface area (Å²) in [5, 5.41) is 0.289. The number of rotatable bonds is 7. The van der Waals surface area contributed by atoms with Crippen LogP contribution < -0.4 is 14.1 Å². The molecule has 1 heterocycles. The molecule has 0 saturated heterocycles. The molecule has 1 atom stereocenters. The Morgan fingerprint density at radius 1 is 0.842 bits per heavy atom. The molecule has 1 unspecified atom stereocenters. The maximum Gasteiger partial charge on any atom is 0.361 e.